The second-order valence-corrected chi connectivity index (χ2v) is 20.7. The Balaban J connectivity index is 1.63. The molecule has 0 bridgehead atoms. The molecule has 394 valence electrons. The quantitative estimate of drug-likeness (QED) is 0.101. The number of carbonyl (C=O) groups excluding carboxylic acids is 3. The summed E-state index contributed by atoms with van der Waals surface area (Å²) in [7, 11) is 3.03. The van der Waals surface area contributed by atoms with Gasteiger partial charge >= 0.3 is 18.1 Å². The number of aliphatic hydroxyl groups excluding tert-OH is 1. The average molecular weight is 1010 g/mol. The van der Waals surface area contributed by atoms with Crippen LogP contribution < -0.4 is 16.0 Å². The molecular formula is C51H79ClN4O14. The number of ether oxygens (including phenoxy) is 7. The zero-order valence-corrected chi connectivity index (χ0v) is 43.6. The fourth-order valence-corrected chi connectivity index (χ4v) is 10.8. The Morgan fingerprint density at radius 1 is 0.886 bits per heavy atom. The fourth-order valence-electron chi connectivity index (χ4n) is 10.3. The smallest absolute Gasteiger partial charge is 0.412 e. The summed E-state index contributed by atoms with van der Waals surface area (Å²) in [6, 6.07) is 15.6. The SMILES string of the molecule is CC[C@H]1OC(=O)[C@H](C)[C@@H](O[C@H]2C[C@@](C)(OC)[C@](O)(CCl)[C@H](C)O2)[C@H](C)[C@@H](OC2OC(C)CC(N(C)C(=O)Nc3ccccc3)C2OC(=O)Nc2ccccc2)[C@](C)(O)C[C@@H](C)CN[C@H](C)[C@@H](O)[C@]1(C)O. The van der Waals surface area contributed by atoms with Crippen molar-refractivity contribution in [1.29, 1.82) is 0 Å². The van der Waals surface area contributed by atoms with Gasteiger partial charge in [-0.3, -0.25) is 10.1 Å². The van der Waals surface area contributed by atoms with Crippen molar-refractivity contribution in [2.24, 2.45) is 17.8 Å². The van der Waals surface area contributed by atoms with Crippen LogP contribution >= 0.6 is 11.6 Å². The van der Waals surface area contributed by atoms with Crippen molar-refractivity contribution in [3.8, 4) is 0 Å². The number of halogens is 1. The van der Waals surface area contributed by atoms with Gasteiger partial charge in [0.15, 0.2) is 18.7 Å². The number of aliphatic hydroxyl groups is 4. The first kappa shape index (κ1) is 57.2. The number of hydrogen-bond donors (Lipinski definition) is 7. The number of nitrogens with one attached hydrogen (secondary N) is 3. The van der Waals surface area contributed by atoms with E-state index in [0.29, 0.717) is 11.4 Å². The first-order valence-electron chi connectivity index (χ1n) is 24.5. The standard InChI is InChI=1S/C51H79ClN4O14/c1-13-38-50(10,62)42(57)33(6)53-27-29(2)25-48(8,61)43(31(4)40(32(5)44(58)67-38)68-39-26-49(9,64-12)51(63,28-52)34(7)66-39)70-45-41(69-47(60)55-36-22-18-15-19-23-36)37(24-30(3)65-45)56(11)46(59)54-35-20-16-14-17-21-35/h14-23,29-34,37-43,45,53,57,61-63H,13,24-28H2,1-12H3,(H,54,59)(H,55,60)/t29-,30?,31+,32-,33-,34+,37?,38-,39+,40+,41?,42-,43-,45?,48-,49-,50-,51+/m1/s1. The van der Waals surface area contributed by atoms with E-state index < -0.39 is 120 Å². The number of anilines is 2. The maximum Gasteiger partial charge on any atom is 0.412 e. The molecule has 3 aliphatic heterocycles. The summed E-state index contributed by atoms with van der Waals surface area (Å²) >= 11 is 6.35. The Hall–Kier alpha value is -3.66. The van der Waals surface area contributed by atoms with E-state index >= 15 is 0 Å². The molecule has 2 aromatic carbocycles. The number of urea groups is 1. The van der Waals surface area contributed by atoms with E-state index in [9.17, 15) is 34.8 Å². The van der Waals surface area contributed by atoms with Crippen LogP contribution in [0.15, 0.2) is 60.7 Å². The second kappa shape index (κ2) is 23.9. The van der Waals surface area contributed by atoms with Gasteiger partial charge in [0.05, 0.1) is 47.9 Å². The number of hydrogen-bond acceptors (Lipinski definition) is 15. The van der Waals surface area contributed by atoms with Crippen LogP contribution in [0, 0.1) is 17.8 Å². The molecule has 2 aromatic rings. The predicted octanol–water partition coefficient (Wildman–Crippen LogP) is 6.03. The minimum absolute atomic E-state index is 0.0439. The molecule has 3 heterocycles. The van der Waals surface area contributed by atoms with Crippen molar-refractivity contribution < 1.29 is 68.0 Å². The number of nitrogens with zero attached hydrogens (tertiary/aromatic N) is 1. The maximum absolute atomic E-state index is 14.6. The molecule has 7 N–H and O–H groups in total. The Kier molecular flexibility index (Phi) is 19.6. The lowest BCUT2D eigenvalue weighted by Crippen LogP contribution is -2.67. The number of benzene rings is 2. The number of para-hydroxylation sites is 2. The molecule has 4 unspecified atom stereocenters. The highest BCUT2D eigenvalue weighted by molar-refractivity contribution is 6.18. The van der Waals surface area contributed by atoms with Crippen LogP contribution in [0.3, 0.4) is 0 Å². The normalized spacial score (nSPS) is 40.2. The molecule has 70 heavy (non-hydrogen) atoms. The van der Waals surface area contributed by atoms with E-state index in [4.69, 9.17) is 44.8 Å². The molecule has 0 aromatic heterocycles. The molecule has 3 aliphatic rings. The summed E-state index contributed by atoms with van der Waals surface area (Å²) in [5.41, 5.74) is -5.62. The number of carbonyl (C=O) groups is 3. The summed E-state index contributed by atoms with van der Waals surface area (Å²) in [6.45, 7) is 17.1. The van der Waals surface area contributed by atoms with Crippen LogP contribution in [0.1, 0.15) is 94.9 Å². The van der Waals surface area contributed by atoms with Gasteiger partial charge in [-0.25, -0.2) is 9.59 Å². The van der Waals surface area contributed by atoms with E-state index in [2.05, 4.69) is 16.0 Å². The molecular weight excluding hydrogens is 928 g/mol. The minimum atomic E-state index is -1.90. The summed E-state index contributed by atoms with van der Waals surface area (Å²) in [4.78, 5) is 43.9. The predicted molar refractivity (Wildman–Crippen MR) is 263 cm³/mol. The largest absolute Gasteiger partial charge is 0.459 e. The molecule has 3 saturated heterocycles. The Labute approximate surface area is 418 Å². The molecule has 0 spiro atoms. The van der Waals surface area contributed by atoms with Crippen LogP contribution in [0.2, 0.25) is 0 Å². The molecule has 3 amide bonds. The highest BCUT2D eigenvalue weighted by Gasteiger charge is 2.58. The number of alkyl halides is 1. The second-order valence-electron chi connectivity index (χ2n) is 20.5. The van der Waals surface area contributed by atoms with Crippen molar-refractivity contribution in [3.05, 3.63) is 60.7 Å². The molecule has 3 fully saturated rings. The summed E-state index contributed by atoms with van der Waals surface area (Å²) in [5, 5.41) is 57.0. The van der Waals surface area contributed by atoms with Gasteiger partial charge in [0.2, 0.25) is 0 Å². The number of amides is 3. The van der Waals surface area contributed by atoms with Crippen LogP contribution in [0.25, 0.3) is 0 Å². The third-order valence-electron chi connectivity index (χ3n) is 14.8. The first-order valence-corrected chi connectivity index (χ1v) is 25.0. The lowest BCUT2D eigenvalue weighted by atomic mass is 9.76. The Bertz CT molecular complexity index is 2010. The highest BCUT2D eigenvalue weighted by Crippen LogP contribution is 2.44. The third-order valence-corrected chi connectivity index (χ3v) is 15.2. The number of methoxy groups -OCH3 is 1. The van der Waals surface area contributed by atoms with Gasteiger partial charge in [0.1, 0.15) is 29.0 Å². The highest BCUT2D eigenvalue weighted by atomic mass is 35.5. The zero-order valence-electron chi connectivity index (χ0n) is 42.8. The molecule has 0 radical (unpaired) electrons. The van der Waals surface area contributed by atoms with Gasteiger partial charge in [-0.05, 0) is 104 Å². The van der Waals surface area contributed by atoms with Crippen LogP contribution in [0.4, 0.5) is 21.0 Å². The van der Waals surface area contributed by atoms with Gasteiger partial charge in [0.25, 0.3) is 0 Å². The number of cyclic esters (lactones) is 1. The Morgan fingerprint density at radius 2 is 1.49 bits per heavy atom. The Morgan fingerprint density at radius 3 is 2.06 bits per heavy atom. The van der Waals surface area contributed by atoms with E-state index in [1.54, 1.807) is 117 Å². The number of esters is 1. The first-order chi connectivity index (χ1) is 32.8. The maximum atomic E-state index is 14.6. The van der Waals surface area contributed by atoms with E-state index in [-0.39, 0.29) is 44.0 Å². The molecule has 18 nitrogen and oxygen atoms in total. The molecule has 5 rings (SSSR count). The fraction of sp³-hybridized carbons (Fsp3) is 0.706. The molecule has 19 heteroatoms. The van der Waals surface area contributed by atoms with E-state index in [1.807, 2.05) is 13.0 Å². The molecule has 0 aliphatic carbocycles. The zero-order chi connectivity index (χ0) is 51.9. The third kappa shape index (κ3) is 13.1. The van der Waals surface area contributed by atoms with Crippen molar-refractivity contribution in [2.75, 3.05) is 37.2 Å². The summed E-state index contributed by atoms with van der Waals surface area (Å²) < 4.78 is 45.0. The van der Waals surface area contributed by atoms with Crippen LogP contribution in [-0.4, -0.2) is 160 Å². The average Bonchev–Trinajstić information content (AvgIpc) is 3.32. The van der Waals surface area contributed by atoms with Gasteiger partial charge < -0.3 is 69.1 Å². The topological polar surface area (TPSA) is 236 Å². The van der Waals surface area contributed by atoms with Gasteiger partial charge in [-0.15, -0.1) is 11.6 Å². The van der Waals surface area contributed by atoms with E-state index in [0.717, 1.165) is 0 Å². The van der Waals surface area contributed by atoms with E-state index in [1.165, 1.54) is 18.9 Å². The van der Waals surface area contributed by atoms with Gasteiger partial charge in [-0.2, -0.15) is 0 Å². The van der Waals surface area contributed by atoms with Crippen molar-refractivity contribution >= 4 is 41.1 Å². The van der Waals surface area contributed by atoms with Crippen LogP contribution in [-0.2, 0) is 38.0 Å². The van der Waals surface area contributed by atoms with Crippen molar-refractivity contribution in [3.63, 3.8) is 0 Å². The lowest BCUT2D eigenvalue weighted by Gasteiger charge is -2.53. The van der Waals surface area contributed by atoms with Crippen LogP contribution in [0.5, 0.6) is 0 Å². The van der Waals surface area contributed by atoms with Crippen molar-refractivity contribution in [2.45, 2.75) is 185 Å². The molecule has 18 atom stereocenters. The number of rotatable bonds is 11. The van der Waals surface area contributed by atoms with Gasteiger partial charge in [0, 0.05) is 43.9 Å². The van der Waals surface area contributed by atoms with Gasteiger partial charge in [-0.1, -0.05) is 57.2 Å². The molecule has 0 saturated carbocycles. The lowest BCUT2D eigenvalue weighted by molar-refractivity contribution is -0.333. The monoisotopic (exact) mass is 1010 g/mol. The summed E-state index contributed by atoms with van der Waals surface area (Å²) in [5.74, 6) is -3.45. The summed E-state index contributed by atoms with van der Waals surface area (Å²) in [6.07, 6.45) is -10.9. The number of likely N-dealkylation sites (N-methyl/N-ethyl adjacent to an activating group) is 1. The van der Waals surface area contributed by atoms with Crippen molar-refractivity contribution in [1.82, 2.24) is 10.2 Å². The minimum Gasteiger partial charge on any atom is -0.459 e.